The van der Waals surface area contributed by atoms with Crippen molar-refractivity contribution in [2.75, 3.05) is 0 Å². The second-order valence-electron chi connectivity index (χ2n) is 11.8. The SMILES string of the molecule is CC12CC1[C@@H]1[C@H](CC[C@]3(C)C(c4ccccc4)=CC[C@@H]13)[C@@]1(C)CC[C@H](O)CC21. The first kappa shape index (κ1) is 17.8. The molecule has 0 heterocycles. The van der Waals surface area contributed by atoms with Gasteiger partial charge in [-0.25, -0.2) is 0 Å². The topological polar surface area (TPSA) is 20.2 Å². The number of hydrogen-bond acceptors (Lipinski definition) is 1. The first-order valence-electron chi connectivity index (χ1n) is 11.8. The van der Waals surface area contributed by atoms with E-state index in [0.717, 1.165) is 42.4 Å². The van der Waals surface area contributed by atoms with Crippen LogP contribution in [0.5, 0.6) is 0 Å². The lowest BCUT2D eigenvalue weighted by Gasteiger charge is -2.62. The van der Waals surface area contributed by atoms with Crippen LogP contribution in [-0.2, 0) is 0 Å². The lowest BCUT2D eigenvalue weighted by atomic mass is 9.42. The van der Waals surface area contributed by atoms with E-state index in [1.807, 2.05) is 0 Å². The van der Waals surface area contributed by atoms with Crippen LogP contribution in [0, 0.1) is 45.8 Å². The first-order chi connectivity index (χ1) is 13.4. The van der Waals surface area contributed by atoms with Gasteiger partial charge in [0, 0.05) is 0 Å². The van der Waals surface area contributed by atoms with E-state index in [2.05, 4.69) is 57.2 Å². The Morgan fingerprint density at radius 2 is 1.68 bits per heavy atom. The molecular formula is C27H36O. The molecule has 9 atom stereocenters. The molecular weight excluding hydrogens is 340 g/mol. The van der Waals surface area contributed by atoms with Gasteiger partial charge in [0.1, 0.15) is 0 Å². The molecule has 3 unspecified atom stereocenters. The highest BCUT2D eigenvalue weighted by molar-refractivity contribution is 5.73. The van der Waals surface area contributed by atoms with Gasteiger partial charge in [0.25, 0.3) is 0 Å². The van der Waals surface area contributed by atoms with E-state index in [-0.39, 0.29) is 6.10 Å². The monoisotopic (exact) mass is 376 g/mol. The van der Waals surface area contributed by atoms with E-state index in [4.69, 9.17) is 0 Å². The number of aliphatic hydroxyl groups excluding tert-OH is 1. The second kappa shape index (κ2) is 5.54. The Balaban J connectivity index is 1.38. The molecule has 28 heavy (non-hydrogen) atoms. The molecule has 5 aliphatic carbocycles. The minimum Gasteiger partial charge on any atom is -0.393 e. The summed E-state index contributed by atoms with van der Waals surface area (Å²) in [5.41, 5.74) is 4.44. The normalized spacial score (nSPS) is 54.1. The molecule has 0 spiro atoms. The Kier molecular flexibility index (Phi) is 3.51. The molecule has 0 aliphatic heterocycles. The van der Waals surface area contributed by atoms with Crippen molar-refractivity contribution in [3.05, 3.63) is 42.0 Å². The lowest BCUT2D eigenvalue weighted by Crippen LogP contribution is -2.56. The van der Waals surface area contributed by atoms with Crippen molar-refractivity contribution in [1.82, 2.24) is 0 Å². The van der Waals surface area contributed by atoms with Crippen molar-refractivity contribution >= 4 is 5.57 Å². The Morgan fingerprint density at radius 1 is 0.893 bits per heavy atom. The van der Waals surface area contributed by atoms with Crippen LogP contribution in [0.25, 0.3) is 5.57 Å². The van der Waals surface area contributed by atoms with Gasteiger partial charge in [0.05, 0.1) is 6.10 Å². The number of aliphatic hydroxyl groups is 1. The summed E-state index contributed by atoms with van der Waals surface area (Å²) in [4.78, 5) is 0. The third-order valence-electron chi connectivity index (χ3n) is 10.8. The van der Waals surface area contributed by atoms with E-state index in [9.17, 15) is 5.11 Å². The van der Waals surface area contributed by atoms with Crippen molar-refractivity contribution in [3.63, 3.8) is 0 Å². The van der Waals surface area contributed by atoms with Crippen LogP contribution in [0.1, 0.15) is 71.3 Å². The van der Waals surface area contributed by atoms with Crippen molar-refractivity contribution in [1.29, 1.82) is 0 Å². The standard InChI is InChI=1S/C27H36O/c1-25-14-12-21-24(20(25)10-9-19(25)17-7-5-4-6-8-17)22-16-27(22,3)23-15-18(28)11-13-26(21,23)2/h4-9,18,20-24,28H,10-16H2,1-3H3/t18-,20-,21-,22?,23?,24-,25+,26+,27?/m0/s1. The molecule has 150 valence electrons. The van der Waals surface area contributed by atoms with Gasteiger partial charge in [0.2, 0.25) is 0 Å². The van der Waals surface area contributed by atoms with Crippen LogP contribution >= 0.6 is 0 Å². The van der Waals surface area contributed by atoms with E-state index >= 15 is 0 Å². The number of allylic oxidation sites excluding steroid dienone is 2. The fourth-order valence-corrected chi connectivity index (χ4v) is 9.33. The number of rotatable bonds is 1. The average Bonchev–Trinajstić information content (AvgIpc) is 3.25. The lowest BCUT2D eigenvalue weighted by molar-refractivity contribution is -0.141. The smallest absolute Gasteiger partial charge is 0.0543 e. The van der Waals surface area contributed by atoms with Crippen molar-refractivity contribution in [3.8, 4) is 0 Å². The third-order valence-corrected chi connectivity index (χ3v) is 10.8. The van der Waals surface area contributed by atoms with E-state index in [1.54, 1.807) is 5.57 Å². The van der Waals surface area contributed by atoms with Crippen molar-refractivity contribution in [2.24, 2.45) is 45.8 Å². The van der Waals surface area contributed by atoms with Crippen molar-refractivity contribution < 1.29 is 5.11 Å². The minimum atomic E-state index is -0.0422. The Bertz CT molecular complexity index is 826. The second-order valence-corrected chi connectivity index (χ2v) is 11.8. The third kappa shape index (κ3) is 2.07. The summed E-state index contributed by atoms with van der Waals surface area (Å²) in [7, 11) is 0. The summed E-state index contributed by atoms with van der Waals surface area (Å²) in [6.07, 6.45) is 11.4. The maximum Gasteiger partial charge on any atom is 0.0543 e. The summed E-state index contributed by atoms with van der Waals surface area (Å²) in [5.74, 6) is 4.28. The summed E-state index contributed by atoms with van der Waals surface area (Å²) >= 11 is 0. The number of fused-ring (bicyclic) bond motifs is 8. The van der Waals surface area contributed by atoms with Crippen LogP contribution in [0.2, 0.25) is 0 Å². The number of benzene rings is 1. The van der Waals surface area contributed by atoms with Gasteiger partial charge in [-0.2, -0.15) is 0 Å². The quantitative estimate of drug-likeness (QED) is 0.607. The van der Waals surface area contributed by atoms with Crippen LogP contribution in [0.3, 0.4) is 0 Å². The van der Waals surface area contributed by atoms with Gasteiger partial charge in [-0.05, 0) is 102 Å². The first-order valence-corrected chi connectivity index (χ1v) is 11.8. The predicted molar refractivity (Wildman–Crippen MR) is 115 cm³/mol. The summed E-state index contributed by atoms with van der Waals surface area (Å²) in [6, 6.07) is 11.2. The highest BCUT2D eigenvalue weighted by atomic mass is 16.3. The molecule has 1 aromatic rings. The van der Waals surface area contributed by atoms with Gasteiger partial charge in [-0.1, -0.05) is 57.2 Å². The zero-order valence-corrected chi connectivity index (χ0v) is 17.8. The van der Waals surface area contributed by atoms with Gasteiger partial charge in [-0.15, -0.1) is 0 Å². The molecule has 1 heteroatoms. The highest BCUT2D eigenvalue weighted by Gasteiger charge is 2.73. The fraction of sp³-hybridized carbons (Fsp3) is 0.704. The number of hydrogen-bond donors (Lipinski definition) is 1. The molecule has 0 saturated heterocycles. The largest absolute Gasteiger partial charge is 0.393 e. The molecule has 0 aromatic heterocycles. The van der Waals surface area contributed by atoms with E-state index in [1.165, 1.54) is 37.7 Å². The van der Waals surface area contributed by atoms with Gasteiger partial charge in [-0.3, -0.25) is 0 Å². The molecule has 1 nitrogen and oxygen atoms in total. The predicted octanol–water partition coefficient (Wildman–Crippen LogP) is 6.33. The summed E-state index contributed by atoms with van der Waals surface area (Å²) in [6.45, 7) is 7.81. The highest BCUT2D eigenvalue weighted by Crippen LogP contribution is 2.79. The molecule has 1 N–H and O–H groups in total. The van der Waals surface area contributed by atoms with Crippen LogP contribution in [-0.4, -0.2) is 11.2 Å². The molecule has 0 radical (unpaired) electrons. The fourth-order valence-electron chi connectivity index (χ4n) is 9.33. The van der Waals surface area contributed by atoms with Crippen LogP contribution in [0.4, 0.5) is 0 Å². The molecule has 6 rings (SSSR count). The van der Waals surface area contributed by atoms with E-state index < -0.39 is 0 Å². The molecule has 1 aromatic carbocycles. The Labute approximate surface area is 170 Å². The molecule has 0 bridgehead atoms. The van der Waals surface area contributed by atoms with E-state index in [0.29, 0.717) is 16.2 Å². The van der Waals surface area contributed by atoms with Gasteiger partial charge >= 0.3 is 0 Å². The summed E-state index contributed by atoms with van der Waals surface area (Å²) in [5, 5.41) is 10.5. The van der Waals surface area contributed by atoms with Gasteiger partial charge in [0.15, 0.2) is 0 Å². The minimum absolute atomic E-state index is 0.0422. The summed E-state index contributed by atoms with van der Waals surface area (Å²) < 4.78 is 0. The van der Waals surface area contributed by atoms with Crippen molar-refractivity contribution in [2.45, 2.75) is 71.8 Å². The maximum atomic E-state index is 10.5. The molecule has 4 fully saturated rings. The maximum absolute atomic E-state index is 10.5. The zero-order valence-electron chi connectivity index (χ0n) is 17.8. The Hall–Kier alpha value is -1.08. The van der Waals surface area contributed by atoms with Gasteiger partial charge < -0.3 is 5.11 Å². The molecule has 4 saturated carbocycles. The molecule has 5 aliphatic rings. The zero-order chi connectivity index (χ0) is 19.3. The van der Waals surface area contributed by atoms with Crippen LogP contribution < -0.4 is 0 Å². The average molecular weight is 377 g/mol. The van der Waals surface area contributed by atoms with Crippen LogP contribution in [0.15, 0.2) is 36.4 Å². The Morgan fingerprint density at radius 3 is 2.46 bits per heavy atom. The molecule has 0 amide bonds.